The molecule has 32 heavy (non-hydrogen) atoms. The molecule has 2 aromatic rings. The first-order valence-corrected chi connectivity index (χ1v) is 11.9. The second-order valence-electron chi connectivity index (χ2n) is 7.97. The Kier molecular flexibility index (Phi) is 5.89. The molecule has 4 rings (SSSR count). The molecule has 1 aliphatic heterocycles. The van der Waals surface area contributed by atoms with Gasteiger partial charge in [0.25, 0.3) is 10.0 Å². The molecule has 0 amide bonds. The summed E-state index contributed by atoms with van der Waals surface area (Å²) >= 11 is 0. The van der Waals surface area contributed by atoms with Gasteiger partial charge in [0.15, 0.2) is 5.03 Å². The molecule has 0 saturated heterocycles. The van der Waals surface area contributed by atoms with E-state index in [9.17, 15) is 18.3 Å². The molecule has 1 fully saturated rings. The summed E-state index contributed by atoms with van der Waals surface area (Å²) in [4.78, 5) is 16.5. The van der Waals surface area contributed by atoms with Crippen LogP contribution >= 0.6 is 0 Å². The van der Waals surface area contributed by atoms with Gasteiger partial charge in [-0.05, 0) is 55.5 Å². The Balaban J connectivity index is 1.63. The van der Waals surface area contributed by atoms with E-state index in [0.717, 1.165) is 19.3 Å². The maximum absolute atomic E-state index is 12.7. The number of pyridine rings is 1. The Morgan fingerprint density at radius 1 is 1.31 bits per heavy atom. The van der Waals surface area contributed by atoms with Gasteiger partial charge in [-0.3, -0.25) is 4.72 Å². The summed E-state index contributed by atoms with van der Waals surface area (Å²) in [5, 5.41) is 19.5. The molecule has 1 saturated carbocycles. The molecule has 1 aromatic heterocycles. The minimum Gasteiger partial charge on any atom is -0.511 e. The number of hydrogen-bond donors (Lipinski definition) is 2. The molecule has 8 nitrogen and oxygen atoms in total. The molecule has 166 valence electrons. The molecule has 0 radical (unpaired) electrons. The first-order chi connectivity index (χ1) is 15.3. The molecule has 0 spiro atoms. The Morgan fingerprint density at radius 2 is 2.12 bits per heavy atom. The summed E-state index contributed by atoms with van der Waals surface area (Å²) in [6.07, 6.45) is 3.89. The zero-order valence-corrected chi connectivity index (χ0v) is 18.3. The average Bonchev–Trinajstić information content (AvgIpc) is 3.25. The van der Waals surface area contributed by atoms with Crippen molar-refractivity contribution < 1.29 is 23.1 Å². The van der Waals surface area contributed by atoms with Crippen molar-refractivity contribution in [2.45, 2.75) is 49.7 Å². The molecule has 3 atom stereocenters. The van der Waals surface area contributed by atoms with E-state index in [4.69, 9.17) is 10.00 Å². The van der Waals surface area contributed by atoms with E-state index in [1.807, 2.05) is 13.0 Å². The SMILES string of the molecule is CCC(C1=C(O)C2CCCC2OC1=O)c1cccc(NS(=O)(=O)c2ccc(C#N)cn2)c1. The second kappa shape index (κ2) is 8.63. The average molecular weight is 454 g/mol. The molecule has 1 aliphatic carbocycles. The van der Waals surface area contributed by atoms with Gasteiger partial charge in [0, 0.05) is 17.8 Å². The van der Waals surface area contributed by atoms with E-state index >= 15 is 0 Å². The van der Waals surface area contributed by atoms with E-state index in [0.29, 0.717) is 17.7 Å². The fourth-order valence-corrected chi connectivity index (χ4v) is 5.42. The smallest absolute Gasteiger partial charge is 0.338 e. The van der Waals surface area contributed by atoms with Gasteiger partial charge in [-0.1, -0.05) is 19.1 Å². The van der Waals surface area contributed by atoms with E-state index < -0.39 is 21.9 Å². The van der Waals surface area contributed by atoms with Crippen LogP contribution in [-0.4, -0.2) is 30.6 Å². The van der Waals surface area contributed by atoms with E-state index in [2.05, 4.69) is 9.71 Å². The number of benzene rings is 1. The maximum Gasteiger partial charge on any atom is 0.338 e. The zero-order chi connectivity index (χ0) is 22.9. The second-order valence-corrected chi connectivity index (χ2v) is 9.60. The van der Waals surface area contributed by atoms with Crippen molar-refractivity contribution in [2.75, 3.05) is 4.72 Å². The number of carbonyl (C=O) groups is 1. The molecule has 2 N–H and O–H groups in total. The third-order valence-electron chi connectivity index (χ3n) is 6.00. The van der Waals surface area contributed by atoms with Crippen LogP contribution in [0.2, 0.25) is 0 Å². The Bertz CT molecular complexity index is 1210. The third kappa shape index (κ3) is 4.06. The zero-order valence-electron chi connectivity index (χ0n) is 17.5. The van der Waals surface area contributed by atoms with Crippen LogP contribution in [-0.2, 0) is 19.6 Å². The largest absolute Gasteiger partial charge is 0.511 e. The number of ether oxygens (including phenoxy) is 1. The number of aliphatic hydroxyl groups excluding tert-OH is 1. The van der Waals surface area contributed by atoms with Crippen molar-refractivity contribution in [3.8, 4) is 6.07 Å². The van der Waals surface area contributed by atoms with Crippen LogP contribution in [0.3, 0.4) is 0 Å². The van der Waals surface area contributed by atoms with Crippen molar-refractivity contribution >= 4 is 21.7 Å². The number of fused-ring (bicyclic) bond motifs is 1. The van der Waals surface area contributed by atoms with Crippen LogP contribution in [0.15, 0.2) is 59.0 Å². The first-order valence-electron chi connectivity index (χ1n) is 10.5. The number of anilines is 1. The highest BCUT2D eigenvalue weighted by atomic mass is 32.2. The van der Waals surface area contributed by atoms with Crippen molar-refractivity contribution in [1.82, 2.24) is 4.98 Å². The lowest BCUT2D eigenvalue weighted by Gasteiger charge is -2.30. The van der Waals surface area contributed by atoms with E-state index in [-0.39, 0.29) is 33.9 Å². The molecule has 9 heteroatoms. The minimum absolute atomic E-state index is 0.100. The number of aliphatic hydroxyl groups is 1. The molecule has 2 heterocycles. The van der Waals surface area contributed by atoms with Crippen LogP contribution in [0.1, 0.15) is 49.7 Å². The number of nitrogens with zero attached hydrogens (tertiary/aromatic N) is 2. The number of hydrogen-bond acceptors (Lipinski definition) is 7. The fourth-order valence-electron chi connectivity index (χ4n) is 4.44. The summed E-state index contributed by atoms with van der Waals surface area (Å²) in [5.74, 6) is -1.00. The number of esters is 1. The highest BCUT2D eigenvalue weighted by Crippen LogP contribution is 2.43. The predicted molar refractivity (Wildman–Crippen MR) is 116 cm³/mol. The topological polar surface area (TPSA) is 129 Å². The van der Waals surface area contributed by atoms with Gasteiger partial charge >= 0.3 is 5.97 Å². The van der Waals surface area contributed by atoms with Crippen LogP contribution < -0.4 is 4.72 Å². The Morgan fingerprint density at radius 3 is 2.81 bits per heavy atom. The van der Waals surface area contributed by atoms with Crippen molar-refractivity contribution in [3.05, 3.63) is 65.1 Å². The van der Waals surface area contributed by atoms with Crippen LogP contribution in [0.5, 0.6) is 0 Å². The summed E-state index contributed by atoms with van der Waals surface area (Å²) in [6.45, 7) is 1.90. The first kappa shape index (κ1) is 21.8. The number of nitriles is 1. The Hall–Kier alpha value is -3.38. The molecular formula is C23H23N3O5S. The number of sulfonamides is 1. The van der Waals surface area contributed by atoms with Gasteiger partial charge in [-0.2, -0.15) is 13.7 Å². The Labute approximate surface area is 186 Å². The standard InChI is InChI=1S/C23H23N3O5S/c1-2-17(21-22(27)18-7-4-8-19(18)31-23(21)28)15-5-3-6-16(11-15)26-32(29,30)20-10-9-14(12-24)13-25-20/h3,5-6,9-11,13,17-19,26-27H,2,4,7-8H2,1H3. The maximum atomic E-state index is 12.7. The summed E-state index contributed by atoms with van der Waals surface area (Å²) in [7, 11) is -3.97. The minimum atomic E-state index is -3.97. The third-order valence-corrected chi connectivity index (χ3v) is 7.29. The van der Waals surface area contributed by atoms with Gasteiger partial charge in [-0.25, -0.2) is 9.78 Å². The van der Waals surface area contributed by atoms with Crippen molar-refractivity contribution in [1.29, 1.82) is 5.26 Å². The normalized spacial score (nSPS) is 21.4. The summed E-state index contributed by atoms with van der Waals surface area (Å²) in [5.41, 5.74) is 1.50. The quantitative estimate of drug-likeness (QED) is 0.637. The molecule has 0 bridgehead atoms. The van der Waals surface area contributed by atoms with Crippen molar-refractivity contribution in [2.24, 2.45) is 5.92 Å². The summed E-state index contributed by atoms with van der Waals surface area (Å²) < 4.78 is 33.5. The van der Waals surface area contributed by atoms with E-state index in [1.54, 1.807) is 24.3 Å². The van der Waals surface area contributed by atoms with Gasteiger partial charge in [0.2, 0.25) is 0 Å². The van der Waals surface area contributed by atoms with Crippen LogP contribution in [0, 0.1) is 17.2 Å². The molecule has 3 unspecified atom stereocenters. The van der Waals surface area contributed by atoms with E-state index in [1.165, 1.54) is 18.3 Å². The highest BCUT2D eigenvalue weighted by Gasteiger charge is 2.43. The van der Waals surface area contributed by atoms with Gasteiger partial charge < -0.3 is 9.84 Å². The predicted octanol–water partition coefficient (Wildman–Crippen LogP) is 3.79. The number of nitrogens with one attached hydrogen (secondary N) is 1. The van der Waals surface area contributed by atoms with Gasteiger partial charge in [0.1, 0.15) is 17.9 Å². The fraction of sp³-hybridized carbons (Fsp3) is 0.348. The lowest BCUT2D eigenvalue weighted by molar-refractivity contribution is -0.149. The lowest BCUT2D eigenvalue weighted by Crippen LogP contribution is -2.33. The summed E-state index contributed by atoms with van der Waals surface area (Å²) in [6, 6.07) is 11.3. The van der Waals surface area contributed by atoms with Gasteiger partial charge in [0.05, 0.1) is 17.1 Å². The molecule has 1 aromatic carbocycles. The highest BCUT2D eigenvalue weighted by molar-refractivity contribution is 7.92. The van der Waals surface area contributed by atoms with Crippen LogP contribution in [0.25, 0.3) is 0 Å². The number of aromatic nitrogens is 1. The lowest BCUT2D eigenvalue weighted by atomic mass is 9.83. The molecule has 2 aliphatic rings. The molecular weight excluding hydrogens is 430 g/mol. The van der Waals surface area contributed by atoms with Crippen molar-refractivity contribution in [3.63, 3.8) is 0 Å². The number of carbonyl (C=O) groups excluding carboxylic acids is 1. The monoisotopic (exact) mass is 453 g/mol. The van der Waals surface area contributed by atoms with Crippen LogP contribution in [0.4, 0.5) is 5.69 Å². The van der Waals surface area contributed by atoms with Gasteiger partial charge in [-0.15, -0.1) is 0 Å². The number of rotatable bonds is 6.